The van der Waals surface area contributed by atoms with Gasteiger partial charge in [0.1, 0.15) is 17.2 Å². The second kappa shape index (κ2) is 5.97. The average Bonchev–Trinajstić information content (AvgIpc) is 2.91. The third kappa shape index (κ3) is 2.70. The summed E-state index contributed by atoms with van der Waals surface area (Å²) in [6.07, 6.45) is 1.92. The predicted molar refractivity (Wildman–Crippen MR) is 80.6 cm³/mol. The van der Waals surface area contributed by atoms with Gasteiger partial charge in [0, 0.05) is 24.8 Å². The molecule has 1 amide bonds. The van der Waals surface area contributed by atoms with Crippen LogP contribution >= 0.6 is 0 Å². The molecule has 0 bridgehead atoms. The van der Waals surface area contributed by atoms with Crippen LogP contribution in [0.25, 0.3) is 10.9 Å². The molecular formula is C17H14F2N2O. The number of benzene rings is 2. The third-order valence-corrected chi connectivity index (χ3v) is 3.51. The van der Waals surface area contributed by atoms with Gasteiger partial charge in [-0.3, -0.25) is 4.79 Å². The Morgan fingerprint density at radius 2 is 1.73 bits per heavy atom. The molecule has 0 fully saturated rings. The van der Waals surface area contributed by atoms with E-state index in [4.69, 9.17) is 0 Å². The largest absolute Gasteiger partial charge is 0.350 e. The van der Waals surface area contributed by atoms with Gasteiger partial charge in [0.25, 0.3) is 5.91 Å². The van der Waals surface area contributed by atoms with Crippen molar-refractivity contribution >= 4 is 16.8 Å². The Kier molecular flexibility index (Phi) is 3.87. The van der Waals surface area contributed by atoms with E-state index in [-0.39, 0.29) is 6.54 Å². The number of aromatic nitrogens is 1. The molecule has 0 atom stereocenters. The van der Waals surface area contributed by atoms with Crippen LogP contribution in [0.2, 0.25) is 0 Å². The van der Waals surface area contributed by atoms with Crippen molar-refractivity contribution in [1.82, 2.24) is 9.88 Å². The fourth-order valence-corrected chi connectivity index (χ4v) is 2.43. The smallest absolute Gasteiger partial charge is 0.257 e. The van der Waals surface area contributed by atoms with Gasteiger partial charge in [-0.1, -0.05) is 24.3 Å². The fraction of sp³-hybridized carbons (Fsp3) is 0.118. The minimum atomic E-state index is -0.857. The van der Waals surface area contributed by atoms with Crippen molar-refractivity contribution in [2.75, 3.05) is 6.54 Å². The van der Waals surface area contributed by atoms with Crippen molar-refractivity contribution < 1.29 is 13.6 Å². The fourth-order valence-electron chi connectivity index (χ4n) is 2.43. The zero-order chi connectivity index (χ0) is 15.5. The van der Waals surface area contributed by atoms with Gasteiger partial charge in [0.05, 0.1) is 0 Å². The summed E-state index contributed by atoms with van der Waals surface area (Å²) in [5.41, 5.74) is 0.508. The summed E-state index contributed by atoms with van der Waals surface area (Å²) in [5.74, 6) is -2.46. The number of amides is 1. The monoisotopic (exact) mass is 300 g/mol. The average molecular weight is 300 g/mol. The van der Waals surface area contributed by atoms with Gasteiger partial charge in [0.2, 0.25) is 0 Å². The Bertz CT molecular complexity index is 806. The van der Waals surface area contributed by atoms with Crippen molar-refractivity contribution in [1.29, 1.82) is 0 Å². The van der Waals surface area contributed by atoms with Crippen LogP contribution in [0.4, 0.5) is 8.78 Å². The van der Waals surface area contributed by atoms with Crippen LogP contribution in [-0.4, -0.2) is 17.0 Å². The lowest BCUT2D eigenvalue weighted by atomic mass is 10.2. The zero-order valence-corrected chi connectivity index (χ0v) is 11.7. The van der Waals surface area contributed by atoms with Crippen molar-refractivity contribution in [3.63, 3.8) is 0 Å². The number of hydrogen-bond acceptors (Lipinski definition) is 1. The van der Waals surface area contributed by atoms with E-state index in [0.29, 0.717) is 6.54 Å². The number of nitrogens with one attached hydrogen (secondary N) is 1. The molecule has 0 spiro atoms. The summed E-state index contributed by atoms with van der Waals surface area (Å²) in [5, 5.41) is 3.65. The number of carbonyl (C=O) groups excluding carboxylic acids is 1. The van der Waals surface area contributed by atoms with E-state index < -0.39 is 23.1 Å². The third-order valence-electron chi connectivity index (χ3n) is 3.51. The second-order valence-electron chi connectivity index (χ2n) is 4.92. The maximum Gasteiger partial charge on any atom is 0.257 e. The molecule has 0 aliphatic carbocycles. The van der Waals surface area contributed by atoms with E-state index in [1.807, 2.05) is 41.1 Å². The highest BCUT2D eigenvalue weighted by molar-refractivity contribution is 5.94. The first-order valence-electron chi connectivity index (χ1n) is 6.93. The van der Waals surface area contributed by atoms with Gasteiger partial charge in [-0.2, -0.15) is 0 Å². The maximum atomic E-state index is 13.5. The van der Waals surface area contributed by atoms with E-state index in [0.717, 1.165) is 23.0 Å². The Balaban J connectivity index is 1.67. The first-order valence-corrected chi connectivity index (χ1v) is 6.93. The molecule has 0 saturated heterocycles. The van der Waals surface area contributed by atoms with Gasteiger partial charge < -0.3 is 9.88 Å². The number of nitrogens with zero attached hydrogens (tertiary/aromatic N) is 1. The van der Waals surface area contributed by atoms with Crippen LogP contribution in [0.15, 0.2) is 54.7 Å². The van der Waals surface area contributed by atoms with Crippen LogP contribution in [0.1, 0.15) is 10.4 Å². The molecule has 1 heterocycles. The number of hydrogen-bond donors (Lipinski definition) is 1. The van der Waals surface area contributed by atoms with Crippen molar-refractivity contribution in [2.24, 2.45) is 0 Å². The van der Waals surface area contributed by atoms with Crippen molar-refractivity contribution in [2.45, 2.75) is 6.54 Å². The lowest BCUT2D eigenvalue weighted by molar-refractivity contribution is 0.0944. The van der Waals surface area contributed by atoms with Crippen molar-refractivity contribution in [3.8, 4) is 0 Å². The number of para-hydroxylation sites is 1. The molecule has 0 radical (unpaired) electrons. The first-order chi connectivity index (χ1) is 10.7. The summed E-state index contributed by atoms with van der Waals surface area (Å²) in [4.78, 5) is 11.9. The molecule has 1 aromatic heterocycles. The number of halogens is 2. The molecule has 3 nitrogen and oxygen atoms in total. The minimum Gasteiger partial charge on any atom is -0.350 e. The number of carbonyl (C=O) groups is 1. The van der Waals surface area contributed by atoms with Crippen LogP contribution in [0.5, 0.6) is 0 Å². The zero-order valence-electron chi connectivity index (χ0n) is 11.7. The summed E-state index contributed by atoms with van der Waals surface area (Å²) in [6.45, 7) is 0.806. The lowest BCUT2D eigenvalue weighted by Crippen LogP contribution is -2.28. The van der Waals surface area contributed by atoms with E-state index >= 15 is 0 Å². The van der Waals surface area contributed by atoms with E-state index in [2.05, 4.69) is 5.32 Å². The molecular weight excluding hydrogens is 286 g/mol. The highest BCUT2D eigenvalue weighted by Crippen LogP contribution is 2.15. The Labute approximate surface area is 126 Å². The van der Waals surface area contributed by atoms with Gasteiger partial charge in [0.15, 0.2) is 0 Å². The molecule has 0 aliphatic rings. The highest BCUT2D eigenvalue weighted by Gasteiger charge is 2.16. The van der Waals surface area contributed by atoms with Crippen LogP contribution in [0.3, 0.4) is 0 Å². The second-order valence-corrected chi connectivity index (χ2v) is 4.92. The van der Waals surface area contributed by atoms with Crippen LogP contribution in [-0.2, 0) is 6.54 Å². The molecule has 0 unspecified atom stereocenters. The van der Waals surface area contributed by atoms with E-state index in [9.17, 15) is 13.6 Å². The van der Waals surface area contributed by atoms with Crippen LogP contribution in [0, 0.1) is 11.6 Å². The maximum absolute atomic E-state index is 13.5. The van der Waals surface area contributed by atoms with Gasteiger partial charge in [-0.25, -0.2) is 8.78 Å². The van der Waals surface area contributed by atoms with Crippen LogP contribution < -0.4 is 5.32 Å². The van der Waals surface area contributed by atoms with E-state index in [1.165, 1.54) is 6.07 Å². The van der Waals surface area contributed by atoms with Gasteiger partial charge in [-0.15, -0.1) is 0 Å². The highest BCUT2D eigenvalue weighted by atomic mass is 19.1. The molecule has 1 N–H and O–H groups in total. The first kappa shape index (κ1) is 14.3. The molecule has 3 rings (SSSR count). The lowest BCUT2D eigenvalue weighted by Gasteiger charge is -2.09. The number of rotatable bonds is 4. The molecule has 0 saturated carbocycles. The Morgan fingerprint density at radius 3 is 2.50 bits per heavy atom. The quantitative estimate of drug-likeness (QED) is 0.787. The summed E-state index contributed by atoms with van der Waals surface area (Å²) in [7, 11) is 0. The topological polar surface area (TPSA) is 34.0 Å². The molecule has 2 aromatic carbocycles. The Hall–Kier alpha value is -2.69. The number of fused-ring (bicyclic) bond motifs is 1. The Morgan fingerprint density at radius 1 is 1.00 bits per heavy atom. The molecule has 112 valence electrons. The SMILES string of the molecule is O=C(NCCn1ccc2ccccc21)c1c(F)cccc1F. The molecule has 22 heavy (non-hydrogen) atoms. The summed E-state index contributed by atoms with van der Waals surface area (Å²) >= 11 is 0. The molecule has 3 aromatic rings. The van der Waals surface area contributed by atoms with Gasteiger partial charge in [-0.05, 0) is 29.7 Å². The molecule has 5 heteroatoms. The summed E-state index contributed by atoms with van der Waals surface area (Å²) in [6, 6.07) is 13.2. The summed E-state index contributed by atoms with van der Waals surface area (Å²) < 4.78 is 29.0. The van der Waals surface area contributed by atoms with Crippen molar-refractivity contribution in [3.05, 3.63) is 71.9 Å². The normalized spacial score (nSPS) is 10.8. The standard InChI is InChI=1S/C17H14F2N2O/c18-13-5-3-6-14(19)16(13)17(22)20-9-11-21-10-8-12-4-1-2-7-15(12)21/h1-8,10H,9,11H2,(H,20,22). The minimum absolute atomic E-state index is 0.283. The molecule has 0 aliphatic heterocycles. The van der Waals surface area contributed by atoms with Gasteiger partial charge >= 0.3 is 0 Å². The van der Waals surface area contributed by atoms with E-state index in [1.54, 1.807) is 0 Å². The predicted octanol–water partition coefficient (Wildman–Crippen LogP) is 3.35.